The van der Waals surface area contributed by atoms with Crippen LogP contribution >= 0.6 is 0 Å². The minimum absolute atomic E-state index is 0.288. The van der Waals surface area contributed by atoms with E-state index in [1.807, 2.05) is 44.4 Å². The Labute approximate surface area is 112 Å². The third-order valence-corrected chi connectivity index (χ3v) is 2.91. The quantitative estimate of drug-likeness (QED) is 0.776. The molecule has 0 amide bonds. The van der Waals surface area contributed by atoms with E-state index in [4.69, 9.17) is 9.15 Å². The lowest BCUT2D eigenvalue weighted by atomic mass is 10.1. The maximum atomic E-state index is 11.2. The molecule has 0 bridgehead atoms. The maximum absolute atomic E-state index is 11.2. The van der Waals surface area contributed by atoms with Crippen molar-refractivity contribution in [1.29, 1.82) is 0 Å². The van der Waals surface area contributed by atoms with Crippen molar-refractivity contribution in [3.63, 3.8) is 0 Å². The molecule has 19 heavy (non-hydrogen) atoms. The second kappa shape index (κ2) is 5.89. The van der Waals surface area contributed by atoms with Crippen LogP contribution in [0, 0.1) is 0 Å². The summed E-state index contributed by atoms with van der Waals surface area (Å²) in [6.07, 6.45) is 0.388. The Morgan fingerprint density at radius 3 is 2.74 bits per heavy atom. The van der Waals surface area contributed by atoms with E-state index in [9.17, 15) is 4.79 Å². The summed E-state index contributed by atoms with van der Waals surface area (Å²) in [4.78, 5) is 13.3. The van der Waals surface area contributed by atoms with Gasteiger partial charge in [-0.1, -0.05) is 18.2 Å². The lowest BCUT2D eigenvalue weighted by Crippen LogP contribution is -2.18. The number of nitrogens with zero attached hydrogens (tertiary/aromatic N) is 1. The Hall–Kier alpha value is -1.81. The van der Waals surface area contributed by atoms with Crippen molar-refractivity contribution in [1.82, 2.24) is 4.90 Å². The molecule has 2 aromatic rings. The van der Waals surface area contributed by atoms with Gasteiger partial charge in [0.05, 0.1) is 0 Å². The summed E-state index contributed by atoms with van der Waals surface area (Å²) in [5.41, 5.74) is 0.819. The molecule has 2 rings (SSSR count). The number of benzene rings is 1. The maximum Gasteiger partial charge on any atom is 0.303 e. The first kappa shape index (κ1) is 13.6. The fraction of sp³-hybridized carbons (Fsp3) is 0.400. The Bertz CT molecular complexity index is 526. The van der Waals surface area contributed by atoms with Crippen LogP contribution in [0.25, 0.3) is 11.0 Å². The average molecular weight is 261 g/mol. The molecule has 0 saturated heterocycles. The van der Waals surface area contributed by atoms with Crippen LogP contribution in [0.5, 0.6) is 0 Å². The number of hydrogen-bond donors (Lipinski definition) is 0. The summed E-state index contributed by atoms with van der Waals surface area (Å²) < 4.78 is 11.1. The molecule has 1 aromatic carbocycles. The van der Waals surface area contributed by atoms with Crippen molar-refractivity contribution in [3.05, 3.63) is 36.1 Å². The zero-order valence-electron chi connectivity index (χ0n) is 11.6. The van der Waals surface area contributed by atoms with Gasteiger partial charge in [0, 0.05) is 25.3 Å². The molecule has 0 spiro atoms. The zero-order chi connectivity index (χ0) is 13.8. The molecule has 0 aliphatic rings. The van der Waals surface area contributed by atoms with E-state index in [0.717, 1.165) is 17.5 Å². The summed E-state index contributed by atoms with van der Waals surface area (Å²) in [6.45, 7) is 2.25. The number of esters is 1. The van der Waals surface area contributed by atoms with E-state index in [0.29, 0.717) is 12.2 Å². The lowest BCUT2D eigenvalue weighted by Gasteiger charge is -2.17. The number of para-hydroxylation sites is 1. The predicted octanol–water partition coefficient (Wildman–Crippen LogP) is 2.99. The Morgan fingerprint density at radius 2 is 2.11 bits per heavy atom. The van der Waals surface area contributed by atoms with E-state index < -0.39 is 0 Å². The SMILES string of the molecule is CC(=O)O[C@@H](CCN(C)C)c1cc2ccccc2o1. The molecule has 0 fully saturated rings. The van der Waals surface area contributed by atoms with Gasteiger partial charge in [0.2, 0.25) is 0 Å². The van der Waals surface area contributed by atoms with Gasteiger partial charge in [0.1, 0.15) is 11.3 Å². The van der Waals surface area contributed by atoms with Crippen molar-refractivity contribution >= 4 is 16.9 Å². The molecule has 0 saturated carbocycles. The average Bonchev–Trinajstić information content (AvgIpc) is 2.77. The van der Waals surface area contributed by atoms with Gasteiger partial charge >= 0.3 is 5.97 Å². The Morgan fingerprint density at radius 1 is 1.37 bits per heavy atom. The molecule has 4 nitrogen and oxygen atoms in total. The van der Waals surface area contributed by atoms with Crippen LogP contribution in [0.4, 0.5) is 0 Å². The highest BCUT2D eigenvalue weighted by Crippen LogP contribution is 2.28. The van der Waals surface area contributed by atoms with Crippen molar-refractivity contribution in [2.45, 2.75) is 19.4 Å². The highest BCUT2D eigenvalue weighted by Gasteiger charge is 2.19. The van der Waals surface area contributed by atoms with E-state index >= 15 is 0 Å². The standard InChI is InChI=1S/C15H19NO3/c1-11(17)18-14(8-9-16(2)3)15-10-12-6-4-5-7-13(12)19-15/h4-7,10,14H,8-9H2,1-3H3/t14-/m0/s1. The van der Waals surface area contributed by atoms with Crippen molar-refractivity contribution < 1.29 is 13.9 Å². The molecule has 1 atom stereocenters. The van der Waals surface area contributed by atoms with Gasteiger partial charge in [-0.15, -0.1) is 0 Å². The van der Waals surface area contributed by atoms with Gasteiger partial charge in [-0.2, -0.15) is 0 Å². The molecular weight excluding hydrogens is 242 g/mol. The van der Waals surface area contributed by atoms with Gasteiger partial charge in [0.15, 0.2) is 6.10 Å². The van der Waals surface area contributed by atoms with Crippen LogP contribution in [0.1, 0.15) is 25.2 Å². The molecule has 102 valence electrons. The van der Waals surface area contributed by atoms with Crippen LogP contribution < -0.4 is 0 Å². The second-order valence-electron chi connectivity index (χ2n) is 4.88. The molecule has 4 heteroatoms. The van der Waals surface area contributed by atoms with E-state index in [1.54, 1.807) is 0 Å². The fourth-order valence-corrected chi connectivity index (χ4v) is 2.00. The second-order valence-corrected chi connectivity index (χ2v) is 4.88. The summed E-state index contributed by atoms with van der Waals surface area (Å²) >= 11 is 0. The van der Waals surface area contributed by atoms with E-state index in [-0.39, 0.29) is 12.1 Å². The summed E-state index contributed by atoms with van der Waals surface area (Å²) in [6, 6.07) is 9.73. The fourth-order valence-electron chi connectivity index (χ4n) is 2.00. The van der Waals surface area contributed by atoms with Gasteiger partial charge in [-0.25, -0.2) is 0 Å². The minimum atomic E-state index is -0.327. The molecule has 1 aromatic heterocycles. The molecule has 0 radical (unpaired) electrons. The van der Waals surface area contributed by atoms with Crippen LogP contribution in [0.2, 0.25) is 0 Å². The topological polar surface area (TPSA) is 42.7 Å². The smallest absolute Gasteiger partial charge is 0.303 e. The van der Waals surface area contributed by atoms with Crippen LogP contribution in [0.3, 0.4) is 0 Å². The highest BCUT2D eigenvalue weighted by atomic mass is 16.5. The summed E-state index contributed by atoms with van der Waals surface area (Å²) in [5, 5.41) is 1.03. The number of hydrogen-bond acceptors (Lipinski definition) is 4. The summed E-state index contributed by atoms with van der Waals surface area (Å²) in [5.74, 6) is 0.419. The molecule has 0 N–H and O–H groups in total. The van der Waals surface area contributed by atoms with E-state index in [2.05, 4.69) is 4.90 Å². The zero-order valence-corrected chi connectivity index (χ0v) is 11.6. The van der Waals surface area contributed by atoms with Gasteiger partial charge in [-0.05, 0) is 26.2 Å². The van der Waals surface area contributed by atoms with Crippen molar-refractivity contribution in [2.24, 2.45) is 0 Å². The number of fused-ring (bicyclic) bond motifs is 1. The van der Waals surface area contributed by atoms with E-state index in [1.165, 1.54) is 6.92 Å². The number of carbonyl (C=O) groups is 1. The monoisotopic (exact) mass is 261 g/mol. The van der Waals surface area contributed by atoms with Crippen molar-refractivity contribution in [3.8, 4) is 0 Å². The highest BCUT2D eigenvalue weighted by molar-refractivity contribution is 5.77. The first-order chi connectivity index (χ1) is 9.06. The number of rotatable bonds is 5. The number of carbonyl (C=O) groups excluding carboxylic acids is 1. The Kier molecular flexibility index (Phi) is 4.22. The first-order valence-corrected chi connectivity index (χ1v) is 6.36. The van der Waals surface area contributed by atoms with Crippen LogP contribution in [-0.2, 0) is 9.53 Å². The largest absolute Gasteiger partial charge is 0.457 e. The molecule has 0 unspecified atom stereocenters. The molecular formula is C15H19NO3. The summed E-state index contributed by atoms with van der Waals surface area (Å²) in [7, 11) is 3.98. The predicted molar refractivity (Wildman–Crippen MR) is 73.9 cm³/mol. The van der Waals surface area contributed by atoms with Crippen LogP contribution in [-0.4, -0.2) is 31.5 Å². The third kappa shape index (κ3) is 3.58. The van der Waals surface area contributed by atoms with Gasteiger partial charge < -0.3 is 14.1 Å². The molecule has 0 aliphatic carbocycles. The lowest BCUT2D eigenvalue weighted by molar-refractivity contribution is -0.148. The Balaban J connectivity index is 2.22. The van der Waals surface area contributed by atoms with Crippen LogP contribution in [0.15, 0.2) is 34.7 Å². The minimum Gasteiger partial charge on any atom is -0.457 e. The molecule has 0 aliphatic heterocycles. The third-order valence-electron chi connectivity index (χ3n) is 2.91. The molecule has 1 heterocycles. The van der Waals surface area contributed by atoms with Crippen molar-refractivity contribution in [2.75, 3.05) is 20.6 Å². The normalized spacial score (nSPS) is 12.8. The van der Waals surface area contributed by atoms with Gasteiger partial charge in [-0.3, -0.25) is 4.79 Å². The van der Waals surface area contributed by atoms with Gasteiger partial charge in [0.25, 0.3) is 0 Å². The first-order valence-electron chi connectivity index (χ1n) is 6.36. The number of furan rings is 1. The number of ether oxygens (including phenoxy) is 1.